The molecule has 3 fully saturated rings. The number of Topliss-reactive ketones (excluding diaryl/α,β-unsaturated/α-hetero) is 1. The molecule has 2 saturated carbocycles. The van der Waals surface area contributed by atoms with Crippen LogP contribution in [0.5, 0.6) is 0 Å². The third kappa shape index (κ3) is 2.56. The quantitative estimate of drug-likeness (QED) is 0.756. The van der Waals surface area contributed by atoms with E-state index in [1.54, 1.807) is 0 Å². The SMILES string of the molecule is CC(C)CC1(C(=O)C2CCOC3(CCC3)C2)CCCC1. The number of ether oxygens (including phenoxy) is 1. The summed E-state index contributed by atoms with van der Waals surface area (Å²) in [6.45, 7) is 5.35. The maximum atomic E-state index is 13.2. The van der Waals surface area contributed by atoms with Gasteiger partial charge >= 0.3 is 0 Å². The predicted octanol–water partition coefficient (Wildman–Crippen LogP) is 4.51. The van der Waals surface area contributed by atoms with Gasteiger partial charge in [-0.05, 0) is 57.3 Å². The maximum Gasteiger partial charge on any atom is 0.142 e. The Hall–Kier alpha value is -0.370. The first-order chi connectivity index (χ1) is 9.55. The largest absolute Gasteiger partial charge is 0.375 e. The predicted molar refractivity (Wildman–Crippen MR) is 80.6 cm³/mol. The molecule has 0 radical (unpaired) electrons. The van der Waals surface area contributed by atoms with Crippen molar-refractivity contribution >= 4 is 5.78 Å². The van der Waals surface area contributed by atoms with Crippen molar-refractivity contribution in [1.82, 2.24) is 0 Å². The standard InChI is InChI=1S/C18H30O2/c1-14(2)12-17(7-3-4-8-17)16(19)15-6-11-20-18(13-15)9-5-10-18/h14-15H,3-13H2,1-2H3. The molecule has 0 amide bonds. The van der Waals surface area contributed by atoms with Crippen molar-refractivity contribution in [3.63, 3.8) is 0 Å². The van der Waals surface area contributed by atoms with Crippen molar-refractivity contribution in [3.05, 3.63) is 0 Å². The summed E-state index contributed by atoms with van der Waals surface area (Å²) in [5, 5.41) is 0. The molecule has 0 bridgehead atoms. The fraction of sp³-hybridized carbons (Fsp3) is 0.944. The van der Waals surface area contributed by atoms with Gasteiger partial charge in [0.15, 0.2) is 0 Å². The van der Waals surface area contributed by atoms with Gasteiger partial charge in [-0.15, -0.1) is 0 Å². The molecule has 0 aromatic carbocycles. The van der Waals surface area contributed by atoms with E-state index in [1.807, 2.05) is 0 Å². The van der Waals surface area contributed by atoms with Gasteiger partial charge in [0.2, 0.25) is 0 Å². The highest BCUT2D eigenvalue weighted by Crippen LogP contribution is 2.50. The fourth-order valence-corrected chi connectivity index (χ4v) is 4.99. The Labute approximate surface area is 123 Å². The fourth-order valence-electron chi connectivity index (χ4n) is 4.99. The Bertz CT molecular complexity index is 362. The highest BCUT2D eigenvalue weighted by Gasteiger charge is 2.49. The maximum absolute atomic E-state index is 13.2. The molecule has 1 atom stereocenters. The van der Waals surface area contributed by atoms with E-state index in [-0.39, 0.29) is 11.0 Å². The van der Waals surface area contributed by atoms with E-state index >= 15 is 0 Å². The van der Waals surface area contributed by atoms with Gasteiger partial charge in [0.1, 0.15) is 5.78 Å². The molecule has 0 aromatic heterocycles. The van der Waals surface area contributed by atoms with E-state index in [4.69, 9.17) is 4.74 Å². The summed E-state index contributed by atoms with van der Waals surface area (Å²) in [6.07, 6.45) is 11.6. The topological polar surface area (TPSA) is 26.3 Å². The van der Waals surface area contributed by atoms with Gasteiger partial charge in [-0.25, -0.2) is 0 Å². The van der Waals surface area contributed by atoms with Gasteiger partial charge < -0.3 is 4.74 Å². The van der Waals surface area contributed by atoms with Gasteiger partial charge in [0.05, 0.1) is 5.60 Å². The van der Waals surface area contributed by atoms with Crippen LogP contribution in [0.4, 0.5) is 0 Å². The van der Waals surface area contributed by atoms with Crippen LogP contribution in [0, 0.1) is 17.3 Å². The summed E-state index contributed by atoms with van der Waals surface area (Å²) in [5.74, 6) is 1.54. The zero-order chi connectivity index (χ0) is 14.2. The van der Waals surface area contributed by atoms with Crippen LogP contribution in [0.2, 0.25) is 0 Å². The average Bonchev–Trinajstić information content (AvgIpc) is 2.85. The summed E-state index contributed by atoms with van der Waals surface area (Å²) < 4.78 is 6.01. The Morgan fingerprint density at radius 1 is 1.15 bits per heavy atom. The van der Waals surface area contributed by atoms with Crippen molar-refractivity contribution in [2.45, 2.75) is 83.7 Å². The van der Waals surface area contributed by atoms with Crippen LogP contribution in [0.25, 0.3) is 0 Å². The Morgan fingerprint density at radius 2 is 1.85 bits per heavy atom. The third-order valence-electron chi connectivity index (χ3n) is 6.01. The van der Waals surface area contributed by atoms with Gasteiger partial charge in [0.25, 0.3) is 0 Å². The van der Waals surface area contributed by atoms with Crippen LogP contribution in [-0.4, -0.2) is 18.0 Å². The van der Waals surface area contributed by atoms with Gasteiger partial charge in [-0.3, -0.25) is 4.79 Å². The monoisotopic (exact) mass is 278 g/mol. The van der Waals surface area contributed by atoms with E-state index in [9.17, 15) is 4.79 Å². The summed E-state index contributed by atoms with van der Waals surface area (Å²) in [7, 11) is 0. The molecule has 1 unspecified atom stereocenters. The number of carbonyl (C=O) groups is 1. The molecule has 2 aliphatic carbocycles. The van der Waals surface area contributed by atoms with Crippen LogP contribution in [0.15, 0.2) is 0 Å². The number of ketones is 1. The van der Waals surface area contributed by atoms with Crippen molar-refractivity contribution in [3.8, 4) is 0 Å². The van der Waals surface area contributed by atoms with E-state index in [2.05, 4.69) is 13.8 Å². The lowest BCUT2D eigenvalue weighted by atomic mass is 9.65. The third-order valence-corrected chi connectivity index (χ3v) is 6.01. The zero-order valence-electron chi connectivity index (χ0n) is 13.2. The van der Waals surface area contributed by atoms with Crippen LogP contribution < -0.4 is 0 Å². The first-order valence-electron chi connectivity index (χ1n) is 8.74. The van der Waals surface area contributed by atoms with Gasteiger partial charge in [0, 0.05) is 17.9 Å². The minimum Gasteiger partial charge on any atom is -0.375 e. The van der Waals surface area contributed by atoms with E-state index in [1.165, 1.54) is 32.1 Å². The number of hydrogen-bond donors (Lipinski definition) is 0. The molecule has 1 spiro atoms. The Balaban J connectivity index is 1.72. The number of hydrogen-bond acceptors (Lipinski definition) is 2. The Kier molecular flexibility index (Phi) is 3.96. The molecule has 0 N–H and O–H groups in total. The molecule has 3 aliphatic rings. The number of rotatable bonds is 4. The molecular formula is C18H30O2. The second-order valence-electron chi connectivity index (χ2n) is 8.02. The molecule has 114 valence electrons. The van der Waals surface area contributed by atoms with Crippen molar-refractivity contribution < 1.29 is 9.53 Å². The molecule has 1 aliphatic heterocycles. The average molecular weight is 278 g/mol. The summed E-state index contributed by atoms with van der Waals surface area (Å²) in [4.78, 5) is 13.2. The summed E-state index contributed by atoms with van der Waals surface area (Å²) in [5.41, 5.74) is 0.136. The van der Waals surface area contributed by atoms with E-state index < -0.39 is 0 Å². The second-order valence-corrected chi connectivity index (χ2v) is 8.02. The lowest BCUT2D eigenvalue weighted by Crippen LogP contribution is -2.49. The van der Waals surface area contributed by atoms with Crippen molar-refractivity contribution in [1.29, 1.82) is 0 Å². The molecule has 0 aromatic rings. The van der Waals surface area contributed by atoms with E-state index in [0.717, 1.165) is 38.7 Å². The molecule has 1 saturated heterocycles. The van der Waals surface area contributed by atoms with Gasteiger partial charge in [-0.2, -0.15) is 0 Å². The molecule has 3 rings (SSSR count). The smallest absolute Gasteiger partial charge is 0.142 e. The highest BCUT2D eigenvalue weighted by molar-refractivity contribution is 5.87. The van der Waals surface area contributed by atoms with Crippen LogP contribution in [-0.2, 0) is 9.53 Å². The lowest BCUT2D eigenvalue weighted by molar-refractivity contribution is -0.161. The summed E-state index contributed by atoms with van der Waals surface area (Å²) in [6, 6.07) is 0. The first kappa shape index (κ1) is 14.6. The van der Waals surface area contributed by atoms with Crippen molar-refractivity contribution in [2.24, 2.45) is 17.3 Å². The zero-order valence-corrected chi connectivity index (χ0v) is 13.2. The van der Waals surface area contributed by atoms with Crippen LogP contribution in [0.3, 0.4) is 0 Å². The van der Waals surface area contributed by atoms with E-state index in [0.29, 0.717) is 17.6 Å². The molecule has 20 heavy (non-hydrogen) atoms. The summed E-state index contributed by atoms with van der Waals surface area (Å²) >= 11 is 0. The highest BCUT2D eigenvalue weighted by atomic mass is 16.5. The normalized spacial score (nSPS) is 31.4. The molecule has 2 nitrogen and oxygen atoms in total. The number of carbonyl (C=O) groups excluding carboxylic acids is 1. The second kappa shape index (κ2) is 5.44. The molecule has 1 heterocycles. The van der Waals surface area contributed by atoms with Crippen molar-refractivity contribution in [2.75, 3.05) is 6.61 Å². The molecule has 2 heteroatoms. The first-order valence-corrected chi connectivity index (χ1v) is 8.74. The minimum atomic E-state index is 0.0289. The minimum absolute atomic E-state index is 0.0289. The molecular weight excluding hydrogens is 248 g/mol. The van der Waals surface area contributed by atoms with Crippen LogP contribution >= 0.6 is 0 Å². The van der Waals surface area contributed by atoms with Crippen LogP contribution in [0.1, 0.15) is 78.1 Å². The van der Waals surface area contributed by atoms with Gasteiger partial charge in [-0.1, -0.05) is 26.7 Å². The Morgan fingerprint density at radius 3 is 2.40 bits per heavy atom. The lowest BCUT2D eigenvalue weighted by Gasteiger charge is -2.48.